The van der Waals surface area contributed by atoms with Gasteiger partial charge in [0.15, 0.2) is 6.29 Å². The molecule has 0 spiro atoms. The lowest BCUT2D eigenvalue weighted by molar-refractivity contribution is -0.336. The molecular weight excluding hydrogens is 704 g/mol. The quantitative estimate of drug-likeness (QED) is 0.149. The van der Waals surface area contributed by atoms with Gasteiger partial charge in [0.1, 0.15) is 23.7 Å². The normalized spacial score (nSPS) is 51.8. The van der Waals surface area contributed by atoms with E-state index in [1.165, 1.54) is 5.57 Å². The van der Waals surface area contributed by atoms with Crippen LogP contribution in [0.25, 0.3) is 0 Å². The molecule has 0 radical (unpaired) electrons. The molecule has 55 heavy (non-hydrogen) atoms. The van der Waals surface area contributed by atoms with Crippen LogP contribution in [-0.4, -0.2) is 104 Å². The van der Waals surface area contributed by atoms with Crippen LogP contribution in [0.5, 0.6) is 0 Å². The van der Waals surface area contributed by atoms with Gasteiger partial charge in [0, 0.05) is 12.0 Å². The molecule has 7 aliphatic rings. The van der Waals surface area contributed by atoms with Gasteiger partial charge in [-0.3, -0.25) is 4.79 Å². The van der Waals surface area contributed by atoms with Gasteiger partial charge in [0.25, 0.3) is 0 Å². The third-order valence-electron chi connectivity index (χ3n) is 17.3. The second-order valence-corrected chi connectivity index (χ2v) is 20.0. The Morgan fingerprint density at radius 3 is 2.33 bits per heavy atom. The van der Waals surface area contributed by atoms with Crippen molar-refractivity contribution in [2.75, 3.05) is 19.8 Å². The summed E-state index contributed by atoms with van der Waals surface area (Å²) in [6.45, 7) is 8.65. The fraction of sp³-hybridized carbons (Fsp3) is 0.795. The maximum absolute atomic E-state index is 13.3. The van der Waals surface area contributed by atoms with E-state index in [1.807, 2.05) is 37.3 Å². The summed E-state index contributed by atoms with van der Waals surface area (Å²) in [7, 11) is 0. The first-order valence-corrected chi connectivity index (χ1v) is 20.9. The number of aliphatic carboxylic acids is 1. The van der Waals surface area contributed by atoms with Gasteiger partial charge < -0.3 is 50.0 Å². The minimum Gasteiger partial charge on any atom is -0.481 e. The molecule has 17 unspecified atom stereocenters. The number of hydrogen-bond donors (Lipinski definition) is 7. The lowest BCUT2D eigenvalue weighted by Crippen LogP contribution is -2.72. The fourth-order valence-electron chi connectivity index (χ4n) is 14.7. The van der Waals surface area contributed by atoms with E-state index in [1.54, 1.807) is 0 Å². The lowest BCUT2D eigenvalue weighted by atomic mass is 9.29. The molecule has 17 atom stereocenters. The lowest BCUT2D eigenvalue weighted by Gasteiger charge is -2.75. The minimum atomic E-state index is -1.49. The molecule has 6 aliphatic carbocycles. The number of ether oxygens (including phenoxy) is 3. The Morgan fingerprint density at radius 1 is 0.891 bits per heavy atom. The Kier molecular flexibility index (Phi) is 10.0. The molecule has 8 rings (SSSR count). The van der Waals surface area contributed by atoms with E-state index < -0.39 is 65.1 Å². The van der Waals surface area contributed by atoms with Crippen molar-refractivity contribution in [3.63, 3.8) is 0 Å². The van der Waals surface area contributed by atoms with Crippen LogP contribution in [-0.2, 0) is 25.6 Å². The Hall–Kier alpha value is -1.93. The van der Waals surface area contributed by atoms with E-state index in [4.69, 9.17) is 14.2 Å². The van der Waals surface area contributed by atoms with Gasteiger partial charge in [0.2, 0.25) is 0 Å². The maximum atomic E-state index is 13.3. The molecule has 5 saturated carbocycles. The van der Waals surface area contributed by atoms with Gasteiger partial charge >= 0.3 is 5.97 Å². The molecule has 11 heteroatoms. The summed E-state index contributed by atoms with van der Waals surface area (Å²) in [5.41, 5.74) is -1.31. The SMILES string of the molecule is CC1(CO)CC(O)C2(C(=O)O)CCC3(C)C(=CC4CCCC35CCC3C(C)(CO)C(OC6OCC(O)C(O)C6O)C(OCc6ccccc6)CC3(C)C45)C2C1. The van der Waals surface area contributed by atoms with Crippen molar-refractivity contribution in [3.8, 4) is 0 Å². The molecule has 306 valence electrons. The average molecular weight is 769 g/mol. The number of fused-ring (bicyclic) bond motifs is 4. The highest BCUT2D eigenvalue weighted by Crippen LogP contribution is 2.79. The molecule has 2 bridgehead atoms. The van der Waals surface area contributed by atoms with Crippen LogP contribution in [0, 0.1) is 56.2 Å². The van der Waals surface area contributed by atoms with Gasteiger partial charge in [-0.25, -0.2) is 0 Å². The van der Waals surface area contributed by atoms with E-state index in [0.717, 1.165) is 37.7 Å². The summed E-state index contributed by atoms with van der Waals surface area (Å²) < 4.78 is 19.4. The van der Waals surface area contributed by atoms with Gasteiger partial charge in [-0.1, -0.05) is 76.1 Å². The predicted molar refractivity (Wildman–Crippen MR) is 201 cm³/mol. The number of aliphatic hydroxyl groups excluding tert-OH is 6. The third-order valence-corrected chi connectivity index (χ3v) is 17.3. The number of aliphatic hydroxyl groups is 6. The Labute approximate surface area is 325 Å². The molecule has 11 nitrogen and oxygen atoms in total. The van der Waals surface area contributed by atoms with Crippen LogP contribution in [0.1, 0.15) is 97.5 Å². The minimum absolute atomic E-state index is 0.00372. The average Bonchev–Trinajstić information content (AvgIpc) is 3.16. The first-order valence-electron chi connectivity index (χ1n) is 20.9. The van der Waals surface area contributed by atoms with E-state index in [2.05, 4.69) is 26.8 Å². The number of carboxylic acids is 1. The summed E-state index contributed by atoms with van der Waals surface area (Å²) >= 11 is 0. The molecule has 1 saturated heterocycles. The van der Waals surface area contributed by atoms with Gasteiger partial charge in [0.05, 0.1) is 38.1 Å². The highest BCUT2D eigenvalue weighted by atomic mass is 16.7. The molecule has 0 amide bonds. The highest BCUT2D eigenvalue weighted by molar-refractivity contribution is 5.77. The molecule has 7 N–H and O–H groups in total. The number of rotatable bonds is 8. The zero-order chi connectivity index (χ0) is 39.3. The van der Waals surface area contributed by atoms with Crippen LogP contribution in [0.2, 0.25) is 0 Å². The van der Waals surface area contributed by atoms with Crippen LogP contribution < -0.4 is 0 Å². The summed E-state index contributed by atoms with van der Waals surface area (Å²) in [5, 5.41) is 76.6. The molecule has 6 fully saturated rings. The smallest absolute Gasteiger partial charge is 0.312 e. The third kappa shape index (κ3) is 5.64. The number of benzene rings is 1. The first kappa shape index (κ1) is 39.9. The molecule has 1 aromatic carbocycles. The van der Waals surface area contributed by atoms with Gasteiger partial charge in [-0.15, -0.1) is 0 Å². The van der Waals surface area contributed by atoms with Crippen LogP contribution in [0.4, 0.5) is 0 Å². The Balaban J connectivity index is 1.22. The highest BCUT2D eigenvalue weighted by Gasteiger charge is 2.75. The van der Waals surface area contributed by atoms with Crippen molar-refractivity contribution in [2.45, 2.75) is 141 Å². The van der Waals surface area contributed by atoms with Crippen molar-refractivity contribution >= 4 is 5.97 Å². The monoisotopic (exact) mass is 768 g/mol. The first-order chi connectivity index (χ1) is 26.0. The number of carbonyl (C=O) groups is 1. The summed E-state index contributed by atoms with van der Waals surface area (Å²) in [5.74, 6) is -0.949. The molecule has 1 aromatic rings. The van der Waals surface area contributed by atoms with Crippen LogP contribution >= 0.6 is 0 Å². The summed E-state index contributed by atoms with van der Waals surface area (Å²) in [4.78, 5) is 13.3. The Bertz CT molecular complexity index is 1640. The molecule has 1 aliphatic heterocycles. The Morgan fingerprint density at radius 2 is 1.64 bits per heavy atom. The predicted octanol–water partition coefficient (Wildman–Crippen LogP) is 4.20. The number of carboxylic acid groups (broad SMARTS) is 1. The fourth-order valence-corrected chi connectivity index (χ4v) is 14.7. The summed E-state index contributed by atoms with van der Waals surface area (Å²) in [6, 6.07) is 9.93. The topological polar surface area (TPSA) is 186 Å². The van der Waals surface area contributed by atoms with E-state index in [0.29, 0.717) is 32.3 Å². The van der Waals surface area contributed by atoms with Crippen LogP contribution in [0.15, 0.2) is 42.0 Å². The van der Waals surface area contributed by atoms with Crippen molar-refractivity contribution in [2.24, 2.45) is 56.2 Å². The standard InChI is InChI=1S/C44H64O11/c1-39(23-45)18-28-27-17-26-11-8-13-43(42(27,4)15-16-44(28,38(51)52)32(48)20-39)14-12-31-40(2,35(26)43)19-30(53-21-25-9-6-5-7-10-25)36(41(31,3)24-46)55-37-34(50)33(49)29(47)22-54-37/h5-7,9-10,17,26,28-37,45-50H,8,11-16,18-24H2,1-4H3,(H,51,52). The summed E-state index contributed by atoms with van der Waals surface area (Å²) in [6.07, 6.45) is 2.04. The van der Waals surface area contributed by atoms with E-state index in [-0.39, 0.29) is 66.2 Å². The zero-order valence-electron chi connectivity index (χ0n) is 33.0. The largest absolute Gasteiger partial charge is 0.481 e. The van der Waals surface area contributed by atoms with Crippen molar-refractivity contribution in [3.05, 3.63) is 47.5 Å². The van der Waals surface area contributed by atoms with Crippen molar-refractivity contribution in [1.82, 2.24) is 0 Å². The second kappa shape index (κ2) is 13.8. The molecule has 0 aromatic heterocycles. The van der Waals surface area contributed by atoms with Crippen molar-refractivity contribution < 1.29 is 54.8 Å². The maximum Gasteiger partial charge on any atom is 0.312 e. The van der Waals surface area contributed by atoms with Crippen molar-refractivity contribution in [1.29, 1.82) is 0 Å². The van der Waals surface area contributed by atoms with Crippen LogP contribution in [0.3, 0.4) is 0 Å². The van der Waals surface area contributed by atoms with Gasteiger partial charge in [-0.05, 0) is 109 Å². The molecule has 1 heterocycles. The van der Waals surface area contributed by atoms with E-state index >= 15 is 0 Å². The second-order valence-electron chi connectivity index (χ2n) is 20.0. The number of hydrogen-bond acceptors (Lipinski definition) is 10. The number of allylic oxidation sites excluding steroid dienone is 2. The molecular formula is C44H64O11. The van der Waals surface area contributed by atoms with Gasteiger partial charge in [-0.2, -0.15) is 0 Å². The van der Waals surface area contributed by atoms with E-state index in [9.17, 15) is 40.5 Å². The zero-order valence-corrected chi connectivity index (χ0v) is 33.0.